The van der Waals surface area contributed by atoms with E-state index in [9.17, 15) is 4.39 Å². The third kappa shape index (κ3) is 1.35. The third-order valence-electron chi connectivity index (χ3n) is 3.14. The Balaban J connectivity index is 2.33. The molecule has 13 heavy (non-hydrogen) atoms. The Labute approximate surface area is 77.8 Å². The van der Waals surface area contributed by atoms with Crippen LogP contribution in [0.5, 0.6) is 0 Å². The quantitative estimate of drug-likeness (QED) is 0.740. The minimum atomic E-state index is -0.155. The van der Waals surface area contributed by atoms with Gasteiger partial charge < -0.3 is 5.73 Å². The summed E-state index contributed by atoms with van der Waals surface area (Å²) in [6.45, 7) is 0.635. The molecule has 2 heteroatoms. The smallest absolute Gasteiger partial charge is 0.123 e. The average Bonchev–Trinajstić information content (AvgIpc) is 2.03. The molecule has 0 amide bonds. The molecule has 2 N–H and O–H groups in total. The van der Waals surface area contributed by atoms with Gasteiger partial charge in [0.15, 0.2) is 0 Å². The topological polar surface area (TPSA) is 26.0 Å². The largest absolute Gasteiger partial charge is 0.330 e. The van der Waals surface area contributed by atoms with E-state index in [0.717, 1.165) is 18.4 Å². The summed E-state index contributed by atoms with van der Waals surface area (Å²) in [7, 11) is 0. The van der Waals surface area contributed by atoms with Gasteiger partial charge in [0, 0.05) is 12.0 Å². The normalized spacial score (nSPS) is 19.5. The van der Waals surface area contributed by atoms with E-state index in [0.29, 0.717) is 6.54 Å². The Morgan fingerprint density at radius 3 is 2.62 bits per heavy atom. The first-order chi connectivity index (χ1) is 6.27. The molecule has 0 unspecified atom stereocenters. The highest BCUT2D eigenvalue weighted by Gasteiger charge is 2.37. The second kappa shape index (κ2) is 3.11. The van der Waals surface area contributed by atoms with E-state index >= 15 is 0 Å². The van der Waals surface area contributed by atoms with Crippen LogP contribution in [0.3, 0.4) is 0 Å². The standard InChI is InChI=1S/C11H14FN/c12-10-4-1-3-9(7-10)11(8-13)5-2-6-11/h1,3-4,7H,2,5-6,8,13H2. The van der Waals surface area contributed by atoms with Crippen LogP contribution in [0.1, 0.15) is 24.8 Å². The van der Waals surface area contributed by atoms with Crippen LogP contribution in [0, 0.1) is 5.82 Å². The van der Waals surface area contributed by atoms with Crippen molar-refractivity contribution in [3.05, 3.63) is 35.6 Å². The van der Waals surface area contributed by atoms with E-state index in [1.165, 1.54) is 12.5 Å². The predicted octanol–water partition coefficient (Wildman–Crippen LogP) is 2.21. The Bertz CT molecular complexity index is 299. The number of hydrogen-bond acceptors (Lipinski definition) is 1. The highest BCUT2D eigenvalue weighted by atomic mass is 19.1. The first-order valence-corrected chi connectivity index (χ1v) is 4.73. The number of hydrogen-bond donors (Lipinski definition) is 1. The van der Waals surface area contributed by atoms with E-state index in [1.807, 2.05) is 6.07 Å². The number of rotatable bonds is 2. The van der Waals surface area contributed by atoms with Crippen LogP contribution in [-0.4, -0.2) is 6.54 Å². The molecule has 70 valence electrons. The van der Waals surface area contributed by atoms with Gasteiger partial charge in [-0.1, -0.05) is 18.6 Å². The molecule has 0 atom stereocenters. The lowest BCUT2D eigenvalue weighted by molar-refractivity contribution is 0.252. The Morgan fingerprint density at radius 2 is 2.15 bits per heavy atom. The molecule has 0 aromatic heterocycles. The molecule has 2 rings (SSSR count). The highest BCUT2D eigenvalue weighted by molar-refractivity contribution is 5.29. The lowest BCUT2D eigenvalue weighted by Crippen LogP contribution is -2.41. The highest BCUT2D eigenvalue weighted by Crippen LogP contribution is 2.42. The van der Waals surface area contributed by atoms with Crippen LogP contribution >= 0.6 is 0 Å². The maximum atomic E-state index is 13.0. The molecule has 0 radical (unpaired) electrons. The Morgan fingerprint density at radius 1 is 1.38 bits per heavy atom. The molecule has 1 saturated carbocycles. The van der Waals surface area contributed by atoms with Crippen molar-refractivity contribution >= 4 is 0 Å². The molecule has 1 nitrogen and oxygen atoms in total. The summed E-state index contributed by atoms with van der Waals surface area (Å²) in [6, 6.07) is 6.84. The maximum Gasteiger partial charge on any atom is 0.123 e. The van der Waals surface area contributed by atoms with Crippen molar-refractivity contribution in [1.29, 1.82) is 0 Å². The van der Waals surface area contributed by atoms with E-state index in [1.54, 1.807) is 12.1 Å². The first kappa shape index (κ1) is 8.70. The molecular weight excluding hydrogens is 165 g/mol. The summed E-state index contributed by atoms with van der Waals surface area (Å²) < 4.78 is 13.0. The molecule has 0 saturated heterocycles. The summed E-state index contributed by atoms with van der Waals surface area (Å²) >= 11 is 0. The molecule has 0 spiro atoms. The van der Waals surface area contributed by atoms with Crippen molar-refractivity contribution in [1.82, 2.24) is 0 Å². The van der Waals surface area contributed by atoms with E-state index in [2.05, 4.69) is 0 Å². The van der Waals surface area contributed by atoms with Gasteiger partial charge in [-0.05, 0) is 30.5 Å². The molecule has 0 heterocycles. The van der Waals surface area contributed by atoms with Crippen LogP contribution in [0.15, 0.2) is 24.3 Å². The summed E-state index contributed by atoms with van der Waals surface area (Å²) in [5.74, 6) is -0.155. The van der Waals surface area contributed by atoms with Crippen molar-refractivity contribution < 1.29 is 4.39 Å². The molecule has 1 aliphatic carbocycles. The van der Waals surface area contributed by atoms with Gasteiger partial charge in [-0.2, -0.15) is 0 Å². The van der Waals surface area contributed by atoms with Crippen molar-refractivity contribution in [2.45, 2.75) is 24.7 Å². The van der Waals surface area contributed by atoms with Gasteiger partial charge in [0.25, 0.3) is 0 Å². The predicted molar refractivity (Wildman–Crippen MR) is 51.0 cm³/mol. The van der Waals surface area contributed by atoms with Gasteiger partial charge in [0.1, 0.15) is 5.82 Å². The molecule has 1 aromatic rings. The monoisotopic (exact) mass is 179 g/mol. The van der Waals surface area contributed by atoms with Gasteiger partial charge >= 0.3 is 0 Å². The second-order valence-electron chi connectivity index (χ2n) is 3.85. The molecule has 0 bridgehead atoms. The fourth-order valence-electron chi connectivity index (χ4n) is 2.03. The molecular formula is C11H14FN. The van der Waals surface area contributed by atoms with Gasteiger partial charge in [0.05, 0.1) is 0 Å². The lowest BCUT2D eigenvalue weighted by Gasteiger charge is -2.41. The van der Waals surface area contributed by atoms with Gasteiger partial charge in [-0.15, -0.1) is 0 Å². The molecule has 0 aliphatic heterocycles. The lowest BCUT2D eigenvalue weighted by atomic mass is 9.64. The maximum absolute atomic E-state index is 13.0. The fourth-order valence-corrected chi connectivity index (χ4v) is 2.03. The van der Waals surface area contributed by atoms with E-state index < -0.39 is 0 Å². The van der Waals surface area contributed by atoms with Gasteiger partial charge in [-0.25, -0.2) is 4.39 Å². The third-order valence-corrected chi connectivity index (χ3v) is 3.14. The van der Waals surface area contributed by atoms with Crippen molar-refractivity contribution in [3.63, 3.8) is 0 Å². The number of benzene rings is 1. The summed E-state index contributed by atoms with van der Waals surface area (Å²) in [4.78, 5) is 0. The van der Waals surface area contributed by atoms with Crippen LogP contribution in [-0.2, 0) is 5.41 Å². The minimum absolute atomic E-state index is 0.0854. The zero-order chi connectivity index (χ0) is 9.31. The zero-order valence-electron chi connectivity index (χ0n) is 7.59. The van der Waals surface area contributed by atoms with E-state index in [-0.39, 0.29) is 11.2 Å². The van der Waals surface area contributed by atoms with Crippen molar-refractivity contribution in [3.8, 4) is 0 Å². The summed E-state index contributed by atoms with van der Waals surface area (Å²) in [5, 5.41) is 0. The molecule has 1 fully saturated rings. The van der Waals surface area contributed by atoms with Crippen LogP contribution in [0.25, 0.3) is 0 Å². The van der Waals surface area contributed by atoms with Gasteiger partial charge in [0.2, 0.25) is 0 Å². The minimum Gasteiger partial charge on any atom is -0.330 e. The average molecular weight is 179 g/mol. The number of halogens is 1. The van der Waals surface area contributed by atoms with E-state index in [4.69, 9.17) is 5.73 Å². The molecule has 1 aromatic carbocycles. The number of nitrogens with two attached hydrogens (primary N) is 1. The SMILES string of the molecule is NCC1(c2cccc(F)c2)CCC1. The van der Waals surface area contributed by atoms with Crippen LogP contribution < -0.4 is 5.73 Å². The molecule has 1 aliphatic rings. The second-order valence-corrected chi connectivity index (χ2v) is 3.85. The Hall–Kier alpha value is -0.890. The fraction of sp³-hybridized carbons (Fsp3) is 0.455. The van der Waals surface area contributed by atoms with Gasteiger partial charge in [-0.3, -0.25) is 0 Å². The first-order valence-electron chi connectivity index (χ1n) is 4.73. The summed E-state index contributed by atoms with van der Waals surface area (Å²) in [5.41, 5.74) is 6.88. The van der Waals surface area contributed by atoms with Crippen LogP contribution in [0.4, 0.5) is 4.39 Å². The zero-order valence-corrected chi connectivity index (χ0v) is 7.59. The Kier molecular flexibility index (Phi) is 2.08. The van der Waals surface area contributed by atoms with Crippen molar-refractivity contribution in [2.24, 2.45) is 5.73 Å². The summed E-state index contributed by atoms with van der Waals surface area (Å²) in [6.07, 6.45) is 3.42. The van der Waals surface area contributed by atoms with Crippen molar-refractivity contribution in [2.75, 3.05) is 6.54 Å². The van der Waals surface area contributed by atoms with Crippen LogP contribution in [0.2, 0.25) is 0 Å².